The minimum Gasteiger partial charge on any atom is -0.481 e. The number of hydrogen-bond acceptors (Lipinski definition) is 9. The standard InChI is InChI=1S/C9H6O6.C9H16O4.C7H10O4/c10-7(11)4-1-2-5(8(12)13)6(3-4)9(14)15;10-8(11)6-4-2-1-3-5-7-9(12)13;1-5-4-10-6(8)2-3-7(9)11-5/h1-3H,(H,10,11)(H,12,13)(H,14,15);1-7H2,(H,10,11)(H,12,13);5H,2-4H2,1H3. The van der Waals surface area contributed by atoms with Crippen molar-refractivity contribution in [1.82, 2.24) is 0 Å². The van der Waals surface area contributed by atoms with Crippen molar-refractivity contribution in [2.45, 2.75) is 70.8 Å². The Morgan fingerprint density at radius 3 is 1.67 bits per heavy atom. The van der Waals surface area contributed by atoms with Gasteiger partial charge in [0.1, 0.15) is 12.7 Å². The van der Waals surface area contributed by atoms with E-state index in [1.165, 1.54) is 0 Å². The third-order valence-corrected chi connectivity index (χ3v) is 4.85. The van der Waals surface area contributed by atoms with Gasteiger partial charge in [0.05, 0.1) is 29.5 Å². The monoisotopic (exact) mass is 556 g/mol. The van der Waals surface area contributed by atoms with Gasteiger partial charge in [-0.15, -0.1) is 0 Å². The summed E-state index contributed by atoms with van der Waals surface area (Å²) < 4.78 is 9.55. The van der Waals surface area contributed by atoms with Crippen molar-refractivity contribution >= 4 is 41.8 Å². The zero-order valence-electron chi connectivity index (χ0n) is 21.3. The number of cyclic esters (lactones) is 2. The maximum absolute atomic E-state index is 10.8. The van der Waals surface area contributed by atoms with Crippen molar-refractivity contribution in [3.05, 3.63) is 34.9 Å². The van der Waals surface area contributed by atoms with Gasteiger partial charge in [-0.3, -0.25) is 19.2 Å². The van der Waals surface area contributed by atoms with Gasteiger partial charge in [-0.2, -0.15) is 0 Å². The first-order chi connectivity index (χ1) is 18.2. The van der Waals surface area contributed by atoms with Gasteiger partial charge in [-0.25, -0.2) is 14.4 Å². The number of rotatable bonds is 11. The SMILES string of the molecule is CC1COC(=O)CCC(=O)O1.O=C(O)CCCCCCCC(=O)O.O=C(O)c1ccc(C(=O)O)c(C(=O)O)c1. The molecular weight excluding hydrogens is 524 g/mol. The number of carboxylic acid groups (broad SMARTS) is 5. The summed E-state index contributed by atoms with van der Waals surface area (Å²) in [5.74, 6) is -6.37. The molecule has 0 bridgehead atoms. The van der Waals surface area contributed by atoms with Crippen LogP contribution in [0.2, 0.25) is 0 Å². The normalized spacial score (nSPS) is 14.4. The molecule has 14 heteroatoms. The van der Waals surface area contributed by atoms with Crippen LogP contribution >= 0.6 is 0 Å². The molecule has 39 heavy (non-hydrogen) atoms. The molecule has 216 valence electrons. The Labute approximate surface area is 223 Å². The van der Waals surface area contributed by atoms with Crippen LogP contribution in [0.4, 0.5) is 0 Å². The van der Waals surface area contributed by atoms with E-state index in [0.29, 0.717) is 12.8 Å². The van der Waals surface area contributed by atoms with Crippen LogP contribution in [0, 0.1) is 0 Å². The van der Waals surface area contributed by atoms with Crippen LogP contribution < -0.4 is 0 Å². The third-order valence-electron chi connectivity index (χ3n) is 4.85. The number of ether oxygens (including phenoxy) is 2. The lowest BCUT2D eigenvalue weighted by Gasteiger charge is -2.16. The van der Waals surface area contributed by atoms with E-state index in [2.05, 4.69) is 0 Å². The molecule has 1 aromatic rings. The molecule has 1 aliphatic rings. The number of carboxylic acids is 5. The molecule has 0 saturated carbocycles. The third kappa shape index (κ3) is 16.8. The van der Waals surface area contributed by atoms with Crippen molar-refractivity contribution < 1.29 is 68.6 Å². The highest BCUT2D eigenvalue weighted by Crippen LogP contribution is 2.13. The number of unbranched alkanes of at least 4 members (excludes halogenated alkanes) is 4. The van der Waals surface area contributed by atoms with Gasteiger partial charge in [0, 0.05) is 12.8 Å². The highest BCUT2D eigenvalue weighted by atomic mass is 16.6. The first-order valence-electron chi connectivity index (χ1n) is 11.9. The average Bonchev–Trinajstić information content (AvgIpc) is 2.84. The Hall–Kier alpha value is -4.49. The van der Waals surface area contributed by atoms with E-state index in [1.54, 1.807) is 6.92 Å². The Balaban J connectivity index is 0.000000562. The lowest BCUT2D eigenvalue weighted by Crippen LogP contribution is -2.26. The fourth-order valence-corrected chi connectivity index (χ4v) is 2.93. The van der Waals surface area contributed by atoms with Gasteiger partial charge in [-0.1, -0.05) is 19.3 Å². The van der Waals surface area contributed by atoms with Crippen LogP contribution in [0.15, 0.2) is 18.2 Å². The van der Waals surface area contributed by atoms with E-state index in [9.17, 15) is 33.6 Å². The Morgan fingerprint density at radius 2 is 1.21 bits per heavy atom. The summed E-state index contributed by atoms with van der Waals surface area (Å²) in [5, 5.41) is 42.5. The van der Waals surface area contributed by atoms with Crippen LogP contribution in [-0.4, -0.2) is 80.0 Å². The smallest absolute Gasteiger partial charge is 0.336 e. The molecule has 1 fully saturated rings. The maximum atomic E-state index is 10.8. The summed E-state index contributed by atoms with van der Waals surface area (Å²) in [6, 6.07) is 2.81. The van der Waals surface area contributed by atoms with E-state index >= 15 is 0 Å². The quantitative estimate of drug-likeness (QED) is 0.194. The van der Waals surface area contributed by atoms with Crippen LogP contribution in [0.3, 0.4) is 0 Å². The van der Waals surface area contributed by atoms with Crippen molar-refractivity contribution in [1.29, 1.82) is 0 Å². The van der Waals surface area contributed by atoms with Crippen LogP contribution in [-0.2, 0) is 28.7 Å². The summed E-state index contributed by atoms with van der Waals surface area (Å²) in [6.45, 7) is 1.86. The molecule has 0 spiro atoms. The molecule has 14 nitrogen and oxygen atoms in total. The lowest BCUT2D eigenvalue weighted by molar-refractivity contribution is -0.164. The second kappa shape index (κ2) is 18.7. The molecule has 1 aromatic carbocycles. The zero-order chi connectivity index (χ0) is 30.0. The van der Waals surface area contributed by atoms with E-state index in [0.717, 1.165) is 37.5 Å². The number of carbonyl (C=O) groups excluding carboxylic acids is 2. The minimum atomic E-state index is -1.48. The number of esters is 2. The first kappa shape index (κ1) is 34.5. The lowest BCUT2D eigenvalue weighted by atomic mass is 10.0. The van der Waals surface area contributed by atoms with E-state index in [-0.39, 0.29) is 55.9 Å². The number of carbonyl (C=O) groups is 7. The Kier molecular flexibility index (Phi) is 16.6. The molecule has 2 rings (SSSR count). The van der Waals surface area contributed by atoms with Crippen LogP contribution in [0.25, 0.3) is 0 Å². The largest absolute Gasteiger partial charge is 0.481 e. The van der Waals surface area contributed by atoms with Gasteiger partial charge < -0.3 is 35.0 Å². The Bertz CT molecular complexity index is 1010. The molecule has 1 atom stereocenters. The molecule has 1 aliphatic heterocycles. The van der Waals surface area contributed by atoms with E-state index < -0.39 is 41.0 Å². The zero-order valence-corrected chi connectivity index (χ0v) is 21.3. The molecule has 1 heterocycles. The van der Waals surface area contributed by atoms with Crippen molar-refractivity contribution in [3.8, 4) is 0 Å². The summed E-state index contributed by atoms with van der Waals surface area (Å²) in [7, 11) is 0. The maximum Gasteiger partial charge on any atom is 0.336 e. The summed E-state index contributed by atoms with van der Waals surface area (Å²) in [4.78, 5) is 73.4. The predicted octanol–water partition coefficient (Wildman–Crippen LogP) is 2.92. The van der Waals surface area contributed by atoms with Gasteiger partial charge in [0.2, 0.25) is 0 Å². The fourth-order valence-electron chi connectivity index (χ4n) is 2.93. The van der Waals surface area contributed by atoms with Crippen molar-refractivity contribution in [2.75, 3.05) is 6.61 Å². The molecule has 1 unspecified atom stereocenters. The predicted molar refractivity (Wildman–Crippen MR) is 131 cm³/mol. The first-order valence-corrected chi connectivity index (χ1v) is 11.9. The van der Waals surface area contributed by atoms with Crippen LogP contribution in [0.5, 0.6) is 0 Å². The van der Waals surface area contributed by atoms with Crippen molar-refractivity contribution in [2.24, 2.45) is 0 Å². The highest BCUT2D eigenvalue weighted by Gasteiger charge is 2.18. The topological polar surface area (TPSA) is 239 Å². The minimum absolute atomic E-state index is 0.128. The number of aromatic carboxylic acids is 3. The molecule has 0 amide bonds. The van der Waals surface area contributed by atoms with Crippen LogP contribution in [0.1, 0.15) is 95.8 Å². The Morgan fingerprint density at radius 1 is 0.718 bits per heavy atom. The summed E-state index contributed by atoms with van der Waals surface area (Å²) in [6.07, 6.45) is 4.47. The van der Waals surface area contributed by atoms with Crippen molar-refractivity contribution in [3.63, 3.8) is 0 Å². The van der Waals surface area contributed by atoms with E-state index in [4.69, 9.17) is 35.0 Å². The van der Waals surface area contributed by atoms with Gasteiger partial charge in [0.25, 0.3) is 0 Å². The average molecular weight is 557 g/mol. The number of benzene rings is 1. The second-order valence-corrected chi connectivity index (χ2v) is 8.21. The molecule has 5 N–H and O–H groups in total. The molecule has 0 radical (unpaired) electrons. The van der Waals surface area contributed by atoms with Gasteiger partial charge in [0.15, 0.2) is 0 Å². The summed E-state index contributed by atoms with van der Waals surface area (Å²) in [5.41, 5.74) is -1.24. The van der Waals surface area contributed by atoms with Gasteiger partial charge >= 0.3 is 41.8 Å². The highest BCUT2D eigenvalue weighted by molar-refractivity contribution is 6.03. The number of hydrogen-bond donors (Lipinski definition) is 5. The molecular formula is C25H32O14. The second-order valence-electron chi connectivity index (χ2n) is 8.21. The molecule has 0 aliphatic carbocycles. The van der Waals surface area contributed by atoms with E-state index in [1.807, 2.05) is 0 Å². The van der Waals surface area contributed by atoms with Gasteiger partial charge in [-0.05, 0) is 38.0 Å². The number of aliphatic carboxylic acids is 2. The molecule has 0 aromatic heterocycles. The molecule has 1 saturated heterocycles. The fraction of sp³-hybridized carbons (Fsp3) is 0.480. The summed E-state index contributed by atoms with van der Waals surface area (Å²) >= 11 is 0.